The summed E-state index contributed by atoms with van der Waals surface area (Å²) in [4.78, 5) is 14.1. The van der Waals surface area contributed by atoms with Crippen LogP contribution in [0, 0.1) is 5.92 Å². The van der Waals surface area contributed by atoms with Gasteiger partial charge in [0.25, 0.3) is 0 Å². The summed E-state index contributed by atoms with van der Waals surface area (Å²) < 4.78 is 10.6. The van der Waals surface area contributed by atoms with Crippen molar-refractivity contribution in [1.29, 1.82) is 0 Å². The molecule has 0 N–H and O–H groups in total. The first-order valence-electron chi connectivity index (χ1n) is 6.79. The van der Waals surface area contributed by atoms with Gasteiger partial charge in [-0.2, -0.15) is 0 Å². The van der Waals surface area contributed by atoms with Gasteiger partial charge < -0.3 is 9.47 Å². The zero-order valence-electron chi connectivity index (χ0n) is 10.7. The van der Waals surface area contributed by atoms with E-state index in [1.54, 1.807) is 0 Å². The molecule has 2 saturated heterocycles. The second-order valence-corrected chi connectivity index (χ2v) is 4.93. The number of hydrogen-bond donors (Lipinski definition) is 0. The number of carbonyl (C=O) groups is 1. The molecule has 0 aromatic carbocycles. The highest BCUT2D eigenvalue weighted by molar-refractivity contribution is 5.72. The number of hydrogen-bond acceptors (Lipinski definition) is 4. The van der Waals surface area contributed by atoms with E-state index in [4.69, 9.17) is 9.47 Å². The van der Waals surface area contributed by atoms with Crippen LogP contribution in [0.1, 0.15) is 32.6 Å². The second kappa shape index (κ2) is 6.36. The van der Waals surface area contributed by atoms with Crippen LogP contribution in [0.4, 0.5) is 0 Å². The van der Waals surface area contributed by atoms with Crippen molar-refractivity contribution in [2.75, 3.05) is 32.9 Å². The maximum Gasteiger partial charge on any atom is 0.309 e. The van der Waals surface area contributed by atoms with Crippen LogP contribution in [0.3, 0.4) is 0 Å². The summed E-state index contributed by atoms with van der Waals surface area (Å²) in [5, 5.41) is 0. The van der Waals surface area contributed by atoms with Gasteiger partial charge in [0.2, 0.25) is 0 Å². The van der Waals surface area contributed by atoms with E-state index >= 15 is 0 Å². The molecule has 98 valence electrons. The number of likely N-dealkylation sites (tertiary alicyclic amines) is 1. The Morgan fingerprint density at radius 3 is 2.71 bits per heavy atom. The fraction of sp³-hybridized carbons (Fsp3) is 0.923. The average Bonchev–Trinajstić information content (AvgIpc) is 2.40. The normalized spacial score (nSPS) is 27.9. The number of rotatable bonds is 3. The molecular weight excluding hydrogens is 218 g/mol. The molecule has 0 aromatic rings. The summed E-state index contributed by atoms with van der Waals surface area (Å²) in [5.41, 5.74) is 0. The van der Waals surface area contributed by atoms with E-state index in [1.165, 1.54) is 12.8 Å². The molecule has 0 aromatic heterocycles. The monoisotopic (exact) mass is 241 g/mol. The Labute approximate surface area is 103 Å². The highest BCUT2D eigenvalue weighted by Crippen LogP contribution is 2.23. The van der Waals surface area contributed by atoms with Crippen molar-refractivity contribution in [3.05, 3.63) is 0 Å². The third-order valence-corrected chi connectivity index (χ3v) is 3.80. The summed E-state index contributed by atoms with van der Waals surface area (Å²) in [6.07, 6.45) is 4.29. The lowest BCUT2D eigenvalue weighted by atomic mass is 9.95. The molecule has 1 atom stereocenters. The van der Waals surface area contributed by atoms with E-state index in [-0.39, 0.29) is 11.9 Å². The first kappa shape index (κ1) is 12.8. The zero-order chi connectivity index (χ0) is 12.1. The van der Waals surface area contributed by atoms with E-state index in [0.29, 0.717) is 12.6 Å². The number of piperidine rings is 1. The molecule has 2 aliphatic heterocycles. The number of carbonyl (C=O) groups excluding carboxylic acids is 1. The number of nitrogens with zero attached hydrogens (tertiary/aromatic N) is 1. The molecule has 2 fully saturated rings. The molecule has 0 spiro atoms. The summed E-state index contributed by atoms with van der Waals surface area (Å²) in [6.45, 7) is 6.16. The zero-order valence-corrected chi connectivity index (χ0v) is 10.7. The topological polar surface area (TPSA) is 38.8 Å². The largest absolute Gasteiger partial charge is 0.466 e. The first-order chi connectivity index (χ1) is 8.31. The number of ether oxygens (including phenoxy) is 2. The highest BCUT2D eigenvalue weighted by atomic mass is 16.5. The van der Waals surface area contributed by atoms with Gasteiger partial charge in [0.05, 0.1) is 19.1 Å². The predicted octanol–water partition coefficient (Wildman–Crippen LogP) is 1.44. The minimum Gasteiger partial charge on any atom is -0.466 e. The Hall–Kier alpha value is -0.610. The van der Waals surface area contributed by atoms with Crippen LogP contribution in [-0.2, 0) is 14.3 Å². The van der Waals surface area contributed by atoms with Crippen molar-refractivity contribution in [3.63, 3.8) is 0 Å². The van der Waals surface area contributed by atoms with Gasteiger partial charge in [0.1, 0.15) is 0 Å². The first-order valence-corrected chi connectivity index (χ1v) is 6.79. The van der Waals surface area contributed by atoms with Crippen LogP contribution >= 0.6 is 0 Å². The molecule has 1 unspecified atom stereocenters. The Bertz CT molecular complexity index is 243. The molecule has 2 heterocycles. The van der Waals surface area contributed by atoms with Crippen molar-refractivity contribution >= 4 is 5.97 Å². The number of esters is 1. The molecule has 0 saturated carbocycles. The smallest absolute Gasteiger partial charge is 0.309 e. The molecule has 0 aliphatic carbocycles. The minimum absolute atomic E-state index is 0.00737. The Kier molecular flexibility index (Phi) is 4.80. The second-order valence-electron chi connectivity index (χ2n) is 4.93. The van der Waals surface area contributed by atoms with Gasteiger partial charge in [0.15, 0.2) is 0 Å². The van der Waals surface area contributed by atoms with Crippen molar-refractivity contribution in [1.82, 2.24) is 4.90 Å². The summed E-state index contributed by atoms with van der Waals surface area (Å²) in [7, 11) is 0. The van der Waals surface area contributed by atoms with Crippen molar-refractivity contribution in [2.24, 2.45) is 5.92 Å². The van der Waals surface area contributed by atoms with Crippen LogP contribution in [-0.4, -0.2) is 49.8 Å². The van der Waals surface area contributed by atoms with Gasteiger partial charge in [0, 0.05) is 12.6 Å². The Morgan fingerprint density at radius 2 is 2.12 bits per heavy atom. The molecule has 0 radical (unpaired) electrons. The van der Waals surface area contributed by atoms with Crippen molar-refractivity contribution in [2.45, 2.75) is 38.6 Å². The van der Waals surface area contributed by atoms with E-state index < -0.39 is 0 Å². The van der Waals surface area contributed by atoms with E-state index in [0.717, 1.165) is 39.1 Å². The predicted molar refractivity (Wildman–Crippen MR) is 64.8 cm³/mol. The quantitative estimate of drug-likeness (QED) is 0.701. The summed E-state index contributed by atoms with van der Waals surface area (Å²) in [6, 6.07) is 0.576. The van der Waals surface area contributed by atoms with Gasteiger partial charge in [-0.25, -0.2) is 0 Å². The maximum atomic E-state index is 11.6. The van der Waals surface area contributed by atoms with Crippen LogP contribution in [0.15, 0.2) is 0 Å². The SMILES string of the molecule is CCOC(=O)C1CCN(C2CCCOC2)CC1. The fourth-order valence-corrected chi connectivity index (χ4v) is 2.77. The molecule has 2 rings (SSSR count). The maximum absolute atomic E-state index is 11.6. The van der Waals surface area contributed by atoms with Gasteiger partial charge in [-0.15, -0.1) is 0 Å². The van der Waals surface area contributed by atoms with Gasteiger partial charge in [-0.05, 0) is 45.7 Å². The van der Waals surface area contributed by atoms with E-state index in [2.05, 4.69) is 4.90 Å². The van der Waals surface area contributed by atoms with Gasteiger partial charge in [-0.3, -0.25) is 9.69 Å². The van der Waals surface area contributed by atoms with E-state index in [1.807, 2.05) is 6.92 Å². The fourth-order valence-electron chi connectivity index (χ4n) is 2.77. The highest BCUT2D eigenvalue weighted by Gasteiger charge is 2.30. The Balaban J connectivity index is 1.75. The molecule has 17 heavy (non-hydrogen) atoms. The van der Waals surface area contributed by atoms with Crippen LogP contribution in [0.25, 0.3) is 0 Å². The Morgan fingerprint density at radius 1 is 1.35 bits per heavy atom. The molecule has 4 nitrogen and oxygen atoms in total. The lowest BCUT2D eigenvalue weighted by Gasteiger charge is -2.38. The lowest BCUT2D eigenvalue weighted by Crippen LogP contribution is -2.46. The van der Waals surface area contributed by atoms with Gasteiger partial charge >= 0.3 is 5.97 Å². The van der Waals surface area contributed by atoms with Crippen molar-refractivity contribution < 1.29 is 14.3 Å². The summed E-state index contributed by atoms with van der Waals surface area (Å²) >= 11 is 0. The van der Waals surface area contributed by atoms with E-state index in [9.17, 15) is 4.79 Å². The minimum atomic E-state index is -0.00737. The van der Waals surface area contributed by atoms with Crippen LogP contribution < -0.4 is 0 Å². The summed E-state index contributed by atoms with van der Waals surface area (Å²) in [5.74, 6) is 0.114. The van der Waals surface area contributed by atoms with Crippen molar-refractivity contribution in [3.8, 4) is 0 Å². The van der Waals surface area contributed by atoms with Crippen LogP contribution in [0.2, 0.25) is 0 Å². The average molecular weight is 241 g/mol. The molecule has 2 aliphatic rings. The lowest BCUT2D eigenvalue weighted by molar-refractivity contribution is -0.150. The molecule has 4 heteroatoms. The third kappa shape index (κ3) is 3.42. The van der Waals surface area contributed by atoms with Gasteiger partial charge in [-0.1, -0.05) is 0 Å². The molecular formula is C13H23NO3. The third-order valence-electron chi connectivity index (χ3n) is 3.80. The molecule has 0 amide bonds. The standard InChI is InChI=1S/C13H23NO3/c1-2-17-13(15)11-5-7-14(8-6-11)12-4-3-9-16-10-12/h11-12H,2-10H2,1H3. The molecule has 0 bridgehead atoms. The van der Waals surface area contributed by atoms with Crippen LogP contribution in [0.5, 0.6) is 0 Å².